The average Bonchev–Trinajstić information content (AvgIpc) is 3.54. The minimum absolute atomic E-state index is 0.0547. The van der Waals surface area contributed by atoms with E-state index < -0.39 is 0 Å². The number of hydrogen-bond acceptors (Lipinski definition) is 5. The smallest absolute Gasteiger partial charge is 0.348 e. The third kappa shape index (κ3) is 3.92. The van der Waals surface area contributed by atoms with Crippen LogP contribution in [0.2, 0.25) is 0 Å². The molecular formula is C27H27N3O2S. The number of nitrogens with one attached hydrogen (secondary N) is 1. The number of fused-ring (bicyclic) bond motifs is 2. The van der Waals surface area contributed by atoms with Crippen molar-refractivity contribution in [2.45, 2.75) is 37.6 Å². The number of aryl methyl sites for hydroxylation is 2. The highest BCUT2D eigenvalue weighted by atomic mass is 32.1. The van der Waals surface area contributed by atoms with Crippen molar-refractivity contribution in [3.8, 4) is 6.07 Å². The summed E-state index contributed by atoms with van der Waals surface area (Å²) in [4.78, 5) is 13.3. The summed E-state index contributed by atoms with van der Waals surface area (Å²) in [7, 11) is 3.53. The fourth-order valence-electron chi connectivity index (χ4n) is 5.26. The fourth-order valence-corrected chi connectivity index (χ4v) is 6.40. The fraction of sp³-hybridized carbons (Fsp3) is 0.333. The van der Waals surface area contributed by atoms with E-state index in [0.29, 0.717) is 5.56 Å². The molecule has 2 aromatic carbocycles. The van der Waals surface area contributed by atoms with E-state index >= 15 is 0 Å². The zero-order valence-electron chi connectivity index (χ0n) is 19.0. The summed E-state index contributed by atoms with van der Waals surface area (Å²) < 4.78 is 8.46. The standard InChI is InChI=1S/C27H27N3O2S/c1-30-20(15-19-9-8-18(17-28)14-23(19)30)10-12-27(11-5-13-29-27)16-22-21-6-3-4-7-24(21)33-25(22)26(31)32-2/h3-4,6-9,14-15,29H,5,10-13,16H2,1-2H3. The zero-order valence-corrected chi connectivity index (χ0v) is 19.8. The molecule has 0 aliphatic carbocycles. The van der Waals surface area contributed by atoms with Gasteiger partial charge in [0.1, 0.15) is 4.88 Å². The predicted molar refractivity (Wildman–Crippen MR) is 133 cm³/mol. The molecule has 1 aliphatic heterocycles. The van der Waals surface area contributed by atoms with Crippen LogP contribution in [-0.4, -0.2) is 29.7 Å². The molecule has 5 rings (SSSR count). The summed E-state index contributed by atoms with van der Waals surface area (Å²) in [6, 6.07) is 18.6. The second-order valence-corrected chi connectivity index (χ2v) is 10.0. The molecule has 0 spiro atoms. The lowest BCUT2D eigenvalue weighted by molar-refractivity contribution is 0.0605. The monoisotopic (exact) mass is 457 g/mol. The Hall–Kier alpha value is -3.14. The maximum Gasteiger partial charge on any atom is 0.348 e. The molecule has 0 radical (unpaired) electrons. The van der Waals surface area contributed by atoms with E-state index in [-0.39, 0.29) is 11.5 Å². The number of carbonyl (C=O) groups excluding carboxylic acids is 1. The first-order chi connectivity index (χ1) is 16.0. The van der Waals surface area contributed by atoms with Crippen LogP contribution >= 0.6 is 11.3 Å². The highest BCUT2D eigenvalue weighted by Crippen LogP contribution is 2.38. The SMILES string of the molecule is COC(=O)c1sc2ccccc2c1CC1(CCc2cc3ccc(C#N)cc3n2C)CCCN1. The largest absolute Gasteiger partial charge is 0.465 e. The van der Waals surface area contributed by atoms with Gasteiger partial charge in [0.05, 0.1) is 18.7 Å². The number of benzene rings is 2. The molecule has 3 heterocycles. The van der Waals surface area contributed by atoms with E-state index in [1.54, 1.807) is 0 Å². The summed E-state index contributed by atoms with van der Waals surface area (Å²) in [5, 5.41) is 15.4. The zero-order chi connectivity index (χ0) is 23.0. The summed E-state index contributed by atoms with van der Waals surface area (Å²) >= 11 is 1.53. The van der Waals surface area contributed by atoms with Crippen molar-refractivity contribution < 1.29 is 9.53 Å². The highest BCUT2D eigenvalue weighted by molar-refractivity contribution is 7.21. The Bertz CT molecular complexity index is 1390. The summed E-state index contributed by atoms with van der Waals surface area (Å²) in [5.41, 5.74) is 4.09. The summed E-state index contributed by atoms with van der Waals surface area (Å²) in [6.07, 6.45) is 4.93. The van der Waals surface area contributed by atoms with Gasteiger partial charge in [0.15, 0.2) is 0 Å². The van der Waals surface area contributed by atoms with E-state index in [2.05, 4.69) is 41.2 Å². The number of carbonyl (C=O) groups is 1. The number of thiophene rings is 1. The topological polar surface area (TPSA) is 67.0 Å². The maximum atomic E-state index is 12.6. The molecule has 1 aliphatic rings. The number of nitrogens with zero attached hydrogens (tertiary/aromatic N) is 2. The Kier molecular flexibility index (Phi) is 5.69. The van der Waals surface area contributed by atoms with Gasteiger partial charge in [-0.25, -0.2) is 4.79 Å². The van der Waals surface area contributed by atoms with Crippen LogP contribution in [0.3, 0.4) is 0 Å². The van der Waals surface area contributed by atoms with Gasteiger partial charge < -0.3 is 14.6 Å². The molecule has 0 bridgehead atoms. The first-order valence-corrected chi connectivity index (χ1v) is 12.2. The van der Waals surface area contributed by atoms with Gasteiger partial charge in [0.2, 0.25) is 0 Å². The molecular weight excluding hydrogens is 430 g/mol. The molecule has 1 saturated heterocycles. The van der Waals surface area contributed by atoms with E-state index in [4.69, 9.17) is 4.74 Å². The Labute approximate surface area is 197 Å². The third-order valence-electron chi connectivity index (χ3n) is 7.05. The first kappa shape index (κ1) is 21.7. The van der Waals surface area contributed by atoms with Crippen molar-refractivity contribution >= 4 is 38.3 Å². The Morgan fingerprint density at radius 2 is 2.12 bits per heavy atom. The molecule has 0 saturated carbocycles. The molecule has 1 atom stereocenters. The van der Waals surface area contributed by atoms with E-state index in [1.165, 1.54) is 24.1 Å². The average molecular weight is 458 g/mol. The number of esters is 1. The molecule has 1 fully saturated rings. The minimum atomic E-state index is -0.249. The molecule has 2 aromatic heterocycles. The van der Waals surface area contributed by atoms with Crippen LogP contribution in [0.25, 0.3) is 21.0 Å². The van der Waals surface area contributed by atoms with Gasteiger partial charge in [0, 0.05) is 28.5 Å². The van der Waals surface area contributed by atoms with Crippen molar-refractivity contribution in [1.29, 1.82) is 5.26 Å². The number of rotatable bonds is 6. The first-order valence-electron chi connectivity index (χ1n) is 11.4. The van der Waals surface area contributed by atoms with Crippen LogP contribution in [0, 0.1) is 11.3 Å². The second-order valence-electron chi connectivity index (χ2n) is 8.97. The third-order valence-corrected chi connectivity index (χ3v) is 8.24. The normalized spacial score (nSPS) is 18.1. The molecule has 1 N–H and O–H groups in total. The van der Waals surface area contributed by atoms with Gasteiger partial charge >= 0.3 is 5.97 Å². The Morgan fingerprint density at radius 3 is 2.88 bits per heavy atom. The van der Waals surface area contributed by atoms with Crippen molar-refractivity contribution in [1.82, 2.24) is 9.88 Å². The van der Waals surface area contributed by atoms with Gasteiger partial charge in [-0.15, -0.1) is 11.3 Å². The van der Waals surface area contributed by atoms with Crippen LogP contribution in [0.4, 0.5) is 0 Å². The molecule has 5 nitrogen and oxygen atoms in total. The predicted octanol–water partition coefficient (Wildman–Crippen LogP) is 5.35. The molecule has 6 heteroatoms. The van der Waals surface area contributed by atoms with Gasteiger partial charge in [-0.2, -0.15) is 5.26 Å². The number of aromatic nitrogens is 1. The molecule has 1 unspecified atom stereocenters. The van der Waals surface area contributed by atoms with Crippen LogP contribution in [-0.2, 0) is 24.6 Å². The van der Waals surface area contributed by atoms with E-state index in [1.807, 2.05) is 30.3 Å². The number of methoxy groups -OCH3 is 1. The number of ether oxygens (including phenoxy) is 1. The maximum absolute atomic E-state index is 12.6. The van der Waals surface area contributed by atoms with Crippen LogP contribution in [0.15, 0.2) is 48.5 Å². The summed E-state index contributed by atoms with van der Waals surface area (Å²) in [6.45, 7) is 0.996. The number of nitriles is 1. The van der Waals surface area contributed by atoms with Crippen LogP contribution < -0.4 is 5.32 Å². The van der Waals surface area contributed by atoms with Crippen LogP contribution in [0.1, 0.15) is 45.8 Å². The lowest BCUT2D eigenvalue weighted by Gasteiger charge is -2.30. The quantitative estimate of drug-likeness (QED) is 0.397. The van der Waals surface area contributed by atoms with Gasteiger partial charge in [-0.3, -0.25) is 0 Å². The molecule has 0 amide bonds. The van der Waals surface area contributed by atoms with Gasteiger partial charge in [0.25, 0.3) is 0 Å². The van der Waals surface area contributed by atoms with Crippen molar-refractivity contribution in [3.05, 3.63) is 70.2 Å². The van der Waals surface area contributed by atoms with Crippen molar-refractivity contribution in [3.63, 3.8) is 0 Å². The number of hydrogen-bond donors (Lipinski definition) is 1. The lowest BCUT2D eigenvalue weighted by atomic mass is 9.83. The van der Waals surface area contributed by atoms with Crippen molar-refractivity contribution in [2.24, 2.45) is 7.05 Å². The van der Waals surface area contributed by atoms with Crippen LogP contribution in [0.5, 0.6) is 0 Å². The molecule has 4 aromatic rings. The highest BCUT2D eigenvalue weighted by Gasteiger charge is 2.36. The second kappa shape index (κ2) is 8.66. The minimum Gasteiger partial charge on any atom is -0.465 e. The molecule has 168 valence electrons. The lowest BCUT2D eigenvalue weighted by Crippen LogP contribution is -2.42. The summed E-state index contributed by atoms with van der Waals surface area (Å²) in [5.74, 6) is -0.249. The Balaban J connectivity index is 1.47. The van der Waals surface area contributed by atoms with Crippen molar-refractivity contribution in [2.75, 3.05) is 13.7 Å². The van der Waals surface area contributed by atoms with Gasteiger partial charge in [-0.1, -0.05) is 24.3 Å². The van der Waals surface area contributed by atoms with E-state index in [9.17, 15) is 10.1 Å². The van der Waals surface area contributed by atoms with E-state index in [0.717, 1.165) is 70.1 Å². The van der Waals surface area contributed by atoms with Gasteiger partial charge in [-0.05, 0) is 79.3 Å². The Morgan fingerprint density at radius 1 is 1.27 bits per heavy atom. The molecule has 33 heavy (non-hydrogen) atoms.